The Bertz CT molecular complexity index is 718. The number of cyclic esters (lactones) is 1. The van der Waals surface area contributed by atoms with E-state index in [-0.39, 0.29) is 24.3 Å². The third kappa shape index (κ3) is 3.21. The third-order valence-electron chi connectivity index (χ3n) is 4.17. The number of phenols is 1. The number of benzene rings is 1. The van der Waals surface area contributed by atoms with Gasteiger partial charge in [-0.1, -0.05) is 6.08 Å². The standard InChI is InChI=1S/C17H20O7/c1-8(12(18)6-13(19)20)4-5-10-15(21)14-11(7-24-17(14)22)9(2)16(10)23-3/h4,12,18,21H,5-7H2,1-3H3,(H,19,20)/b8-4+. The quantitative estimate of drug-likeness (QED) is 0.535. The number of hydrogen-bond donors (Lipinski definition) is 3. The van der Waals surface area contributed by atoms with Crippen molar-refractivity contribution < 1.29 is 34.4 Å². The van der Waals surface area contributed by atoms with Crippen molar-refractivity contribution in [1.82, 2.24) is 0 Å². The van der Waals surface area contributed by atoms with Crippen LogP contribution in [0.1, 0.15) is 40.4 Å². The maximum atomic E-state index is 11.8. The molecule has 0 aliphatic carbocycles. The van der Waals surface area contributed by atoms with Gasteiger partial charge in [0, 0.05) is 11.1 Å². The molecule has 0 fully saturated rings. The number of aliphatic carboxylic acids is 1. The van der Waals surface area contributed by atoms with Gasteiger partial charge in [-0.2, -0.15) is 0 Å². The van der Waals surface area contributed by atoms with Gasteiger partial charge in [0.25, 0.3) is 0 Å². The average molecular weight is 336 g/mol. The molecule has 7 nitrogen and oxygen atoms in total. The van der Waals surface area contributed by atoms with Gasteiger partial charge >= 0.3 is 11.9 Å². The second kappa shape index (κ2) is 6.92. The minimum Gasteiger partial charge on any atom is -0.507 e. The number of phenolic OH excluding ortho intramolecular Hbond substituents is 1. The maximum absolute atomic E-state index is 11.8. The molecular formula is C17H20O7. The SMILES string of the molecule is COc1c(C)c2c(c(O)c1C/C=C(\C)C(O)CC(=O)O)C(=O)OC2. The van der Waals surface area contributed by atoms with Crippen LogP contribution >= 0.6 is 0 Å². The minimum atomic E-state index is -1.11. The molecule has 1 aromatic rings. The number of carboxylic acids is 1. The molecule has 1 aliphatic heterocycles. The summed E-state index contributed by atoms with van der Waals surface area (Å²) < 4.78 is 10.3. The molecule has 0 spiro atoms. The van der Waals surface area contributed by atoms with Crippen LogP contribution in [0.2, 0.25) is 0 Å². The lowest BCUT2D eigenvalue weighted by molar-refractivity contribution is -0.138. The molecule has 0 radical (unpaired) electrons. The van der Waals surface area contributed by atoms with Gasteiger partial charge in [-0.25, -0.2) is 4.79 Å². The number of aliphatic hydroxyl groups is 1. The van der Waals surface area contributed by atoms with Crippen LogP contribution in [0.25, 0.3) is 0 Å². The molecule has 0 amide bonds. The summed E-state index contributed by atoms with van der Waals surface area (Å²) >= 11 is 0. The molecule has 0 saturated carbocycles. The number of carbonyl (C=O) groups excluding carboxylic acids is 1. The van der Waals surface area contributed by atoms with Crippen molar-refractivity contribution in [1.29, 1.82) is 0 Å². The first-order valence-corrected chi connectivity index (χ1v) is 7.42. The van der Waals surface area contributed by atoms with Crippen LogP contribution in [-0.4, -0.2) is 40.5 Å². The third-order valence-corrected chi connectivity index (χ3v) is 4.17. The highest BCUT2D eigenvalue weighted by molar-refractivity contribution is 5.98. The van der Waals surface area contributed by atoms with Gasteiger partial charge in [-0.05, 0) is 31.4 Å². The van der Waals surface area contributed by atoms with E-state index < -0.39 is 24.5 Å². The van der Waals surface area contributed by atoms with Gasteiger partial charge in [0.2, 0.25) is 0 Å². The minimum absolute atomic E-state index is 0.0936. The molecule has 0 aromatic heterocycles. The molecule has 3 N–H and O–H groups in total. The monoisotopic (exact) mass is 336 g/mol. The summed E-state index contributed by atoms with van der Waals surface area (Å²) in [5.74, 6) is -1.44. The molecule has 7 heteroatoms. The fourth-order valence-electron chi connectivity index (χ4n) is 2.75. The van der Waals surface area contributed by atoms with Gasteiger partial charge in [0.15, 0.2) is 0 Å². The average Bonchev–Trinajstić information content (AvgIpc) is 2.90. The molecule has 1 aromatic carbocycles. The van der Waals surface area contributed by atoms with Crippen molar-refractivity contribution in [3.05, 3.63) is 33.9 Å². The second-order valence-corrected chi connectivity index (χ2v) is 5.68. The summed E-state index contributed by atoms with van der Waals surface area (Å²) in [5, 5.41) is 29.0. The zero-order valence-corrected chi connectivity index (χ0v) is 13.8. The number of rotatable bonds is 6. The topological polar surface area (TPSA) is 113 Å². The first-order valence-electron chi connectivity index (χ1n) is 7.42. The van der Waals surface area contributed by atoms with E-state index >= 15 is 0 Å². The summed E-state index contributed by atoms with van der Waals surface area (Å²) in [6.45, 7) is 3.47. The van der Waals surface area contributed by atoms with Gasteiger partial charge in [-0.3, -0.25) is 4.79 Å². The normalized spacial score (nSPS) is 15.0. The molecular weight excluding hydrogens is 316 g/mol. The Balaban J connectivity index is 2.40. The number of allylic oxidation sites excluding steroid dienone is 1. The Kier molecular flexibility index (Phi) is 5.14. The maximum Gasteiger partial charge on any atom is 0.342 e. The number of aliphatic hydroxyl groups excluding tert-OH is 1. The molecule has 1 unspecified atom stereocenters. The van der Waals surface area contributed by atoms with E-state index in [0.717, 1.165) is 0 Å². The van der Waals surface area contributed by atoms with Crippen LogP contribution < -0.4 is 4.74 Å². The Morgan fingerprint density at radius 1 is 1.46 bits per heavy atom. The number of carboxylic acid groups (broad SMARTS) is 1. The zero-order valence-electron chi connectivity index (χ0n) is 13.8. The summed E-state index contributed by atoms with van der Waals surface area (Å²) in [6, 6.07) is 0. The van der Waals surface area contributed by atoms with Crippen LogP contribution in [0.5, 0.6) is 11.5 Å². The largest absolute Gasteiger partial charge is 0.507 e. The van der Waals surface area contributed by atoms with Crippen LogP contribution in [-0.2, 0) is 22.6 Å². The fraction of sp³-hybridized carbons (Fsp3) is 0.412. The number of carbonyl (C=O) groups is 2. The number of methoxy groups -OCH3 is 1. The summed E-state index contributed by atoms with van der Waals surface area (Å²) in [5.41, 5.74) is 2.31. The fourth-order valence-corrected chi connectivity index (χ4v) is 2.75. The predicted molar refractivity (Wildman–Crippen MR) is 84.2 cm³/mol. The van der Waals surface area contributed by atoms with E-state index in [1.54, 1.807) is 19.9 Å². The summed E-state index contributed by atoms with van der Waals surface area (Å²) in [7, 11) is 1.46. The number of hydrogen-bond acceptors (Lipinski definition) is 6. The summed E-state index contributed by atoms with van der Waals surface area (Å²) in [6.07, 6.45) is 0.271. The molecule has 1 heterocycles. The van der Waals surface area contributed by atoms with Crippen molar-refractivity contribution in [2.75, 3.05) is 7.11 Å². The number of esters is 1. The van der Waals surface area contributed by atoms with Crippen molar-refractivity contribution in [2.45, 2.75) is 39.4 Å². The summed E-state index contributed by atoms with van der Waals surface area (Å²) in [4.78, 5) is 22.5. The van der Waals surface area contributed by atoms with Crippen molar-refractivity contribution in [3.8, 4) is 11.5 Å². The smallest absolute Gasteiger partial charge is 0.342 e. The van der Waals surface area contributed by atoms with E-state index in [0.29, 0.717) is 28.0 Å². The van der Waals surface area contributed by atoms with Crippen LogP contribution in [0, 0.1) is 6.92 Å². The first-order chi connectivity index (χ1) is 11.3. The van der Waals surface area contributed by atoms with Gasteiger partial charge in [0.05, 0.1) is 19.6 Å². The number of aromatic hydroxyl groups is 1. The Hall–Kier alpha value is -2.54. The van der Waals surface area contributed by atoms with Crippen molar-refractivity contribution in [3.63, 3.8) is 0 Å². The van der Waals surface area contributed by atoms with Crippen LogP contribution in [0.15, 0.2) is 11.6 Å². The van der Waals surface area contributed by atoms with E-state index in [1.807, 2.05) is 0 Å². The van der Waals surface area contributed by atoms with Gasteiger partial charge in [-0.15, -0.1) is 0 Å². The lowest BCUT2D eigenvalue weighted by Crippen LogP contribution is -2.14. The molecule has 1 aliphatic rings. The lowest BCUT2D eigenvalue weighted by atomic mass is 9.94. The van der Waals surface area contributed by atoms with E-state index in [2.05, 4.69) is 0 Å². The van der Waals surface area contributed by atoms with E-state index in [1.165, 1.54) is 7.11 Å². The molecule has 0 saturated heterocycles. The predicted octanol–water partition coefficient (Wildman–Crippen LogP) is 1.70. The second-order valence-electron chi connectivity index (χ2n) is 5.68. The van der Waals surface area contributed by atoms with Crippen LogP contribution in [0.3, 0.4) is 0 Å². The molecule has 2 rings (SSSR count). The molecule has 1 atom stereocenters. The number of ether oxygens (including phenoxy) is 2. The van der Waals surface area contributed by atoms with Gasteiger partial charge in [0.1, 0.15) is 23.7 Å². The lowest BCUT2D eigenvalue weighted by Gasteiger charge is -2.16. The highest BCUT2D eigenvalue weighted by atomic mass is 16.5. The van der Waals surface area contributed by atoms with Gasteiger partial charge < -0.3 is 24.8 Å². The highest BCUT2D eigenvalue weighted by Gasteiger charge is 2.31. The van der Waals surface area contributed by atoms with E-state index in [9.17, 15) is 19.8 Å². The van der Waals surface area contributed by atoms with Crippen molar-refractivity contribution in [2.24, 2.45) is 0 Å². The zero-order chi connectivity index (χ0) is 18.0. The Labute approximate surface area is 139 Å². The molecule has 24 heavy (non-hydrogen) atoms. The van der Waals surface area contributed by atoms with E-state index in [4.69, 9.17) is 14.6 Å². The first kappa shape index (κ1) is 17.8. The molecule has 0 bridgehead atoms. The van der Waals surface area contributed by atoms with Crippen molar-refractivity contribution >= 4 is 11.9 Å². The van der Waals surface area contributed by atoms with Crippen LogP contribution in [0.4, 0.5) is 0 Å². The Morgan fingerprint density at radius 2 is 2.12 bits per heavy atom. The highest BCUT2D eigenvalue weighted by Crippen LogP contribution is 2.42. The Morgan fingerprint density at radius 3 is 2.71 bits per heavy atom. The number of fused-ring (bicyclic) bond motifs is 1. The molecule has 130 valence electrons.